The van der Waals surface area contributed by atoms with Crippen LogP contribution >= 0.6 is 39.1 Å². The van der Waals surface area contributed by atoms with Gasteiger partial charge in [-0.25, -0.2) is 0 Å². The molecule has 27 heavy (non-hydrogen) atoms. The van der Waals surface area contributed by atoms with Crippen LogP contribution in [0.3, 0.4) is 0 Å². The summed E-state index contributed by atoms with van der Waals surface area (Å²) in [6.45, 7) is 1.48. The summed E-state index contributed by atoms with van der Waals surface area (Å²) < 4.78 is 17.8. The van der Waals surface area contributed by atoms with Crippen LogP contribution in [-0.4, -0.2) is 7.11 Å². The van der Waals surface area contributed by atoms with Gasteiger partial charge in [-0.2, -0.15) is 0 Å². The molecular weight excluding hydrogens is 453 g/mol. The minimum absolute atomic E-state index is 0.300. The van der Waals surface area contributed by atoms with Gasteiger partial charge in [-0.15, -0.1) is 0 Å². The Bertz CT molecular complexity index is 900. The summed E-state index contributed by atoms with van der Waals surface area (Å²) in [6.07, 6.45) is 1.66. The van der Waals surface area contributed by atoms with E-state index in [1.165, 1.54) is 0 Å². The van der Waals surface area contributed by atoms with E-state index in [9.17, 15) is 0 Å². The van der Waals surface area contributed by atoms with Gasteiger partial charge in [0, 0.05) is 32.2 Å². The molecule has 1 N–H and O–H groups in total. The third kappa shape index (κ3) is 5.20. The van der Waals surface area contributed by atoms with Gasteiger partial charge in [0.25, 0.3) is 0 Å². The summed E-state index contributed by atoms with van der Waals surface area (Å²) in [6, 6.07) is 12.9. The maximum atomic E-state index is 6.25. The summed E-state index contributed by atoms with van der Waals surface area (Å²) in [5, 5.41) is 4.50. The number of hydrogen-bond donors (Lipinski definition) is 1. The third-order valence-electron chi connectivity index (χ3n) is 3.96. The lowest BCUT2D eigenvalue weighted by Crippen LogP contribution is -2.14. The fourth-order valence-corrected chi connectivity index (χ4v) is 3.49. The van der Waals surface area contributed by atoms with Crippen LogP contribution in [0, 0.1) is 0 Å². The lowest BCUT2D eigenvalue weighted by Gasteiger charge is -2.17. The molecule has 0 saturated heterocycles. The van der Waals surface area contributed by atoms with Crippen LogP contribution in [0.5, 0.6) is 11.5 Å². The van der Waals surface area contributed by atoms with Gasteiger partial charge in [-0.3, -0.25) is 0 Å². The van der Waals surface area contributed by atoms with Crippen molar-refractivity contribution in [2.45, 2.75) is 19.7 Å². The highest BCUT2D eigenvalue weighted by molar-refractivity contribution is 9.10. The van der Waals surface area contributed by atoms with Gasteiger partial charge in [0.1, 0.15) is 12.4 Å². The molecule has 0 atom stereocenters. The Morgan fingerprint density at radius 2 is 1.96 bits per heavy atom. The number of methoxy groups -OCH3 is 1. The van der Waals surface area contributed by atoms with Crippen LogP contribution in [0.4, 0.5) is 0 Å². The van der Waals surface area contributed by atoms with Crippen molar-refractivity contribution in [2.24, 2.45) is 0 Å². The third-order valence-corrected chi connectivity index (χ3v) is 5.29. The molecule has 0 aliphatic rings. The highest BCUT2D eigenvalue weighted by atomic mass is 79.9. The van der Waals surface area contributed by atoms with Gasteiger partial charge in [0.05, 0.1) is 19.9 Å². The Kier molecular flexibility index (Phi) is 7.07. The average molecular weight is 471 g/mol. The van der Waals surface area contributed by atoms with Crippen LogP contribution in [0.2, 0.25) is 10.0 Å². The minimum atomic E-state index is 0.300. The van der Waals surface area contributed by atoms with Crippen molar-refractivity contribution in [3.63, 3.8) is 0 Å². The van der Waals surface area contributed by atoms with Crippen LogP contribution in [-0.2, 0) is 19.7 Å². The van der Waals surface area contributed by atoms with Gasteiger partial charge in [0.15, 0.2) is 11.5 Å². The van der Waals surface area contributed by atoms with Crippen molar-refractivity contribution in [3.05, 3.63) is 80.1 Å². The first kappa shape index (κ1) is 20.1. The van der Waals surface area contributed by atoms with Crippen LogP contribution < -0.4 is 14.8 Å². The number of hydrogen-bond acceptors (Lipinski definition) is 4. The van der Waals surface area contributed by atoms with Gasteiger partial charge >= 0.3 is 0 Å². The zero-order chi connectivity index (χ0) is 19.2. The summed E-state index contributed by atoms with van der Waals surface area (Å²) in [7, 11) is 1.62. The number of ether oxygens (including phenoxy) is 2. The van der Waals surface area contributed by atoms with Crippen LogP contribution in [0.15, 0.2) is 57.6 Å². The largest absolute Gasteiger partial charge is 0.493 e. The van der Waals surface area contributed by atoms with Crippen molar-refractivity contribution < 1.29 is 13.9 Å². The Balaban J connectivity index is 1.78. The summed E-state index contributed by atoms with van der Waals surface area (Å²) in [5.41, 5.74) is 1.79. The number of nitrogens with one attached hydrogen (secondary N) is 1. The van der Waals surface area contributed by atoms with E-state index in [-0.39, 0.29) is 0 Å². The lowest BCUT2D eigenvalue weighted by molar-refractivity contribution is 0.280. The van der Waals surface area contributed by atoms with Gasteiger partial charge in [-0.05, 0) is 36.4 Å². The van der Waals surface area contributed by atoms with Crippen LogP contribution in [0.25, 0.3) is 0 Å². The van der Waals surface area contributed by atoms with E-state index < -0.39 is 0 Å². The first-order valence-corrected chi connectivity index (χ1v) is 9.78. The molecule has 0 amide bonds. The average Bonchev–Trinajstić information content (AvgIpc) is 3.16. The number of furan rings is 1. The molecule has 2 aromatic carbocycles. The van der Waals surface area contributed by atoms with Gasteiger partial charge in [0.2, 0.25) is 0 Å². The van der Waals surface area contributed by atoms with Crippen molar-refractivity contribution in [3.8, 4) is 11.5 Å². The second kappa shape index (κ2) is 9.51. The Morgan fingerprint density at radius 3 is 2.67 bits per heavy atom. The molecule has 142 valence electrons. The van der Waals surface area contributed by atoms with Crippen LogP contribution in [0.1, 0.15) is 16.9 Å². The highest BCUT2D eigenvalue weighted by Crippen LogP contribution is 2.37. The molecule has 0 spiro atoms. The van der Waals surface area contributed by atoms with E-state index in [1.54, 1.807) is 25.5 Å². The fraction of sp³-hybridized carbons (Fsp3) is 0.200. The quantitative estimate of drug-likeness (QED) is 0.424. The molecule has 3 aromatic rings. The predicted molar refractivity (Wildman–Crippen MR) is 111 cm³/mol. The second-order valence-electron chi connectivity index (χ2n) is 5.76. The summed E-state index contributed by atoms with van der Waals surface area (Å²) in [4.78, 5) is 0. The molecule has 0 fully saturated rings. The van der Waals surface area contributed by atoms with E-state index in [2.05, 4.69) is 21.2 Å². The Morgan fingerprint density at radius 1 is 1.11 bits per heavy atom. The topological polar surface area (TPSA) is 43.6 Å². The standard InChI is InChI=1S/C20H18BrCl2NO3/c1-25-19-7-6-17(21)16(11-24-10-15-3-2-8-26-15)20(19)27-12-13-4-5-14(22)9-18(13)23/h2-9,24H,10-12H2,1H3. The molecule has 0 radical (unpaired) electrons. The monoisotopic (exact) mass is 469 g/mol. The first-order valence-electron chi connectivity index (χ1n) is 8.23. The first-order chi connectivity index (χ1) is 13.1. The zero-order valence-corrected chi connectivity index (χ0v) is 17.7. The second-order valence-corrected chi connectivity index (χ2v) is 7.46. The molecule has 0 aliphatic heterocycles. The normalized spacial score (nSPS) is 10.8. The molecule has 4 nitrogen and oxygen atoms in total. The highest BCUT2D eigenvalue weighted by Gasteiger charge is 2.15. The minimum Gasteiger partial charge on any atom is -0.493 e. The molecule has 1 heterocycles. The van der Waals surface area contributed by atoms with E-state index in [1.807, 2.05) is 30.3 Å². The Labute approximate surface area is 176 Å². The molecule has 0 unspecified atom stereocenters. The van der Waals surface area contributed by atoms with Gasteiger partial charge in [-0.1, -0.05) is 45.2 Å². The molecular formula is C20H18BrCl2NO3. The summed E-state index contributed by atoms with van der Waals surface area (Å²) >= 11 is 15.8. The van der Waals surface area contributed by atoms with Crippen molar-refractivity contribution in [1.29, 1.82) is 0 Å². The maximum Gasteiger partial charge on any atom is 0.167 e. The van der Waals surface area contributed by atoms with E-state index in [0.29, 0.717) is 41.2 Å². The predicted octanol–water partition coefficient (Wildman–Crippen LogP) is 6.23. The SMILES string of the molecule is COc1ccc(Br)c(CNCc2ccco2)c1OCc1ccc(Cl)cc1Cl. The number of halogens is 3. The maximum absolute atomic E-state index is 6.25. The smallest absolute Gasteiger partial charge is 0.167 e. The van der Waals surface area contributed by atoms with Crippen molar-refractivity contribution in [1.82, 2.24) is 5.32 Å². The lowest BCUT2D eigenvalue weighted by atomic mass is 10.1. The number of rotatable bonds is 8. The molecule has 7 heteroatoms. The zero-order valence-electron chi connectivity index (χ0n) is 14.6. The number of benzene rings is 2. The molecule has 1 aromatic heterocycles. The molecule has 0 aliphatic carbocycles. The fourth-order valence-electron chi connectivity index (χ4n) is 2.58. The van der Waals surface area contributed by atoms with Gasteiger partial charge < -0.3 is 19.2 Å². The summed E-state index contributed by atoms with van der Waals surface area (Å²) in [5.74, 6) is 2.17. The molecule has 3 rings (SSSR count). The van der Waals surface area contributed by atoms with Crippen molar-refractivity contribution in [2.75, 3.05) is 7.11 Å². The Hall–Kier alpha value is -1.66. The van der Waals surface area contributed by atoms with Crippen molar-refractivity contribution >= 4 is 39.1 Å². The molecule has 0 bridgehead atoms. The van der Waals surface area contributed by atoms with E-state index >= 15 is 0 Å². The van der Waals surface area contributed by atoms with E-state index in [4.69, 9.17) is 37.1 Å². The van der Waals surface area contributed by atoms with E-state index in [0.717, 1.165) is 21.4 Å². The molecule has 0 saturated carbocycles.